The van der Waals surface area contributed by atoms with Crippen LogP contribution in [0.2, 0.25) is 5.02 Å². The maximum Gasteiger partial charge on any atom is 0.150 e. The third-order valence-electron chi connectivity index (χ3n) is 3.05. The monoisotopic (exact) mass is 304 g/mol. The second kappa shape index (κ2) is 7.88. The number of aliphatic hydroxyl groups excluding tert-OH is 1. The molecule has 3 nitrogen and oxygen atoms in total. The summed E-state index contributed by atoms with van der Waals surface area (Å²) in [6, 6.07) is 7.43. The minimum atomic E-state index is -2.97. The molecule has 0 aliphatic carbocycles. The first-order valence-electron chi connectivity index (χ1n) is 6.52. The summed E-state index contributed by atoms with van der Waals surface area (Å²) in [5, 5.41) is 10.0. The van der Waals surface area contributed by atoms with Crippen molar-refractivity contribution in [2.24, 2.45) is 5.92 Å². The molecule has 1 aromatic rings. The fourth-order valence-corrected chi connectivity index (χ4v) is 3.62. The van der Waals surface area contributed by atoms with E-state index in [0.29, 0.717) is 24.3 Å². The molecule has 1 N–H and O–H groups in total. The van der Waals surface area contributed by atoms with Crippen molar-refractivity contribution < 1.29 is 13.5 Å². The topological polar surface area (TPSA) is 54.4 Å². The van der Waals surface area contributed by atoms with Gasteiger partial charge in [-0.15, -0.1) is 0 Å². The Bertz CT molecular complexity index is 468. The molecule has 0 spiro atoms. The molecule has 108 valence electrons. The molecular formula is C14H21ClO3S. The molecule has 0 saturated carbocycles. The Hall–Kier alpha value is -0.580. The lowest BCUT2D eigenvalue weighted by Gasteiger charge is -2.14. The van der Waals surface area contributed by atoms with E-state index in [9.17, 15) is 13.5 Å². The number of benzene rings is 1. The van der Waals surface area contributed by atoms with Gasteiger partial charge in [0, 0.05) is 17.4 Å². The number of rotatable bonds is 8. The van der Waals surface area contributed by atoms with E-state index in [0.717, 1.165) is 5.56 Å². The van der Waals surface area contributed by atoms with E-state index >= 15 is 0 Å². The van der Waals surface area contributed by atoms with Gasteiger partial charge in [-0.05, 0) is 42.9 Å². The zero-order valence-corrected chi connectivity index (χ0v) is 12.8. The summed E-state index contributed by atoms with van der Waals surface area (Å²) in [6.45, 7) is 1.86. The van der Waals surface area contributed by atoms with Gasteiger partial charge in [0.2, 0.25) is 0 Å². The van der Waals surface area contributed by atoms with Crippen LogP contribution < -0.4 is 0 Å². The minimum Gasteiger partial charge on any atom is -0.396 e. The Labute approximate surface area is 120 Å². The number of hydrogen-bond donors (Lipinski definition) is 1. The average molecular weight is 305 g/mol. The van der Waals surface area contributed by atoms with E-state index in [1.807, 2.05) is 19.1 Å². The van der Waals surface area contributed by atoms with Crippen LogP contribution >= 0.6 is 11.6 Å². The summed E-state index contributed by atoms with van der Waals surface area (Å²) in [5.41, 5.74) is 1.07. The molecule has 0 heterocycles. The number of aliphatic hydroxyl groups is 1. The molecule has 0 radical (unpaired) electrons. The Kier molecular flexibility index (Phi) is 6.83. The second-order valence-electron chi connectivity index (χ2n) is 4.82. The second-order valence-corrected chi connectivity index (χ2v) is 7.56. The Morgan fingerprint density at radius 3 is 2.37 bits per heavy atom. The third kappa shape index (κ3) is 6.41. The molecule has 1 aromatic carbocycles. The van der Waals surface area contributed by atoms with Crippen LogP contribution in [0, 0.1) is 5.92 Å². The van der Waals surface area contributed by atoms with E-state index in [1.165, 1.54) is 0 Å². The maximum atomic E-state index is 11.6. The summed E-state index contributed by atoms with van der Waals surface area (Å²) in [5.74, 6) is 0.360. The molecule has 0 aliphatic heterocycles. The molecule has 1 unspecified atom stereocenters. The van der Waals surface area contributed by atoms with Gasteiger partial charge in [-0.2, -0.15) is 0 Å². The fraction of sp³-hybridized carbons (Fsp3) is 0.571. The highest BCUT2D eigenvalue weighted by atomic mass is 35.5. The van der Waals surface area contributed by atoms with Crippen molar-refractivity contribution in [1.29, 1.82) is 0 Å². The summed E-state index contributed by atoms with van der Waals surface area (Å²) < 4.78 is 23.3. The normalized spacial score (nSPS) is 13.4. The molecule has 1 atom stereocenters. The lowest BCUT2D eigenvalue weighted by atomic mass is 9.98. The van der Waals surface area contributed by atoms with Gasteiger partial charge in [0.25, 0.3) is 0 Å². The zero-order valence-electron chi connectivity index (χ0n) is 11.2. The third-order valence-corrected chi connectivity index (χ3v) is 5.19. The van der Waals surface area contributed by atoms with E-state index < -0.39 is 9.84 Å². The van der Waals surface area contributed by atoms with Gasteiger partial charge in [0.1, 0.15) is 9.84 Å². The van der Waals surface area contributed by atoms with Crippen molar-refractivity contribution >= 4 is 21.4 Å². The molecule has 0 saturated heterocycles. The zero-order chi connectivity index (χ0) is 14.3. The van der Waals surface area contributed by atoms with Crippen LogP contribution in [0.3, 0.4) is 0 Å². The molecule has 0 amide bonds. The molecular weight excluding hydrogens is 284 g/mol. The molecule has 5 heteroatoms. The number of sulfone groups is 1. The van der Waals surface area contributed by atoms with Gasteiger partial charge < -0.3 is 5.11 Å². The minimum absolute atomic E-state index is 0.00424. The van der Waals surface area contributed by atoms with Gasteiger partial charge in [0.15, 0.2) is 0 Å². The predicted molar refractivity (Wildman–Crippen MR) is 79.3 cm³/mol. The SMILES string of the molecule is CCCS(=O)(=O)CCC(CO)Cc1ccc(Cl)cc1. The summed E-state index contributed by atoms with van der Waals surface area (Å²) >= 11 is 5.81. The van der Waals surface area contributed by atoms with Crippen LogP contribution in [0.15, 0.2) is 24.3 Å². The van der Waals surface area contributed by atoms with Crippen molar-refractivity contribution in [3.8, 4) is 0 Å². The van der Waals surface area contributed by atoms with Gasteiger partial charge >= 0.3 is 0 Å². The Morgan fingerprint density at radius 2 is 1.84 bits per heavy atom. The lowest BCUT2D eigenvalue weighted by molar-refractivity contribution is 0.222. The predicted octanol–water partition coefficient (Wildman–Crippen LogP) is 2.71. The van der Waals surface area contributed by atoms with E-state index in [2.05, 4.69) is 0 Å². The largest absolute Gasteiger partial charge is 0.396 e. The first kappa shape index (κ1) is 16.5. The quantitative estimate of drug-likeness (QED) is 0.803. The summed E-state index contributed by atoms with van der Waals surface area (Å²) in [4.78, 5) is 0. The van der Waals surface area contributed by atoms with Crippen molar-refractivity contribution in [1.82, 2.24) is 0 Å². The standard InChI is InChI=1S/C14H21ClO3S/c1-2-8-19(17,18)9-7-13(11-16)10-12-3-5-14(15)6-4-12/h3-6,13,16H,2,7-11H2,1H3. The first-order chi connectivity index (χ1) is 8.96. The first-order valence-corrected chi connectivity index (χ1v) is 8.72. The van der Waals surface area contributed by atoms with Crippen molar-refractivity contribution in [3.05, 3.63) is 34.9 Å². The average Bonchev–Trinajstić information content (AvgIpc) is 2.36. The lowest BCUT2D eigenvalue weighted by Crippen LogP contribution is -2.18. The molecule has 0 aromatic heterocycles. The van der Waals surface area contributed by atoms with Crippen LogP contribution in [0.25, 0.3) is 0 Å². The van der Waals surface area contributed by atoms with E-state index in [4.69, 9.17) is 11.6 Å². The van der Waals surface area contributed by atoms with E-state index in [-0.39, 0.29) is 24.0 Å². The van der Waals surface area contributed by atoms with Gasteiger partial charge in [-0.25, -0.2) is 8.42 Å². The molecule has 0 fully saturated rings. The molecule has 0 bridgehead atoms. The molecule has 0 aliphatic rings. The van der Waals surface area contributed by atoms with Crippen LogP contribution in [0.4, 0.5) is 0 Å². The van der Waals surface area contributed by atoms with Gasteiger partial charge in [-0.3, -0.25) is 0 Å². The Morgan fingerprint density at radius 1 is 1.21 bits per heavy atom. The van der Waals surface area contributed by atoms with Gasteiger partial charge in [-0.1, -0.05) is 30.7 Å². The van der Waals surface area contributed by atoms with Crippen LogP contribution in [-0.4, -0.2) is 31.6 Å². The van der Waals surface area contributed by atoms with Crippen molar-refractivity contribution in [3.63, 3.8) is 0 Å². The highest BCUT2D eigenvalue weighted by molar-refractivity contribution is 7.91. The van der Waals surface area contributed by atoms with Crippen molar-refractivity contribution in [2.75, 3.05) is 18.1 Å². The van der Waals surface area contributed by atoms with Gasteiger partial charge in [0.05, 0.1) is 5.75 Å². The van der Waals surface area contributed by atoms with E-state index in [1.54, 1.807) is 12.1 Å². The highest BCUT2D eigenvalue weighted by Crippen LogP contribution is 2.16. The van der Waals surface area contributed by atoms with Crippen molar-refractivity contribution in [2.45, 2.75) is 26.2 Å². The highest BCUT2D eigenvalue weighted by Gasteiger charge is 2.15. The smallest absolute Gasteiger partial charge is 0.150 e. The summed E-state index contributed by atoms with van der Waals surface area (Å²) in [7, 11) is -2.97. The van der Waals surface area contributed by atoms with Crippen LogP contribution in [-0.2, 0) is 16.3 Å². The molecule has 1 rings (SSSR count). The van der Waals surface area contributed by atoms with Crippen LogP contribution in [0.5, 0.6) is 0 Å². The Balaban J connectivity index is 2.52. The number of hydrogen-bond acceptors (Lipinski definition) is 3. The maximum absolute atomic E-state index is 11.6. The van der Waals surface area contributed by atoms with Crippen LogP contribution in [0.1, 0.15) is 25.3 Å². The number of halogens is 1. The fourth-order valence-electron chi connectivity index (χ4n) is 1.97. The summed E-state index contributed by atoms with van der Waals surface area (Å²) in [6.07, 6.45) is 1.82. The molecule has 19 heavy (non-hydrogen) atoms.